The molecule has 1 heterocycles. The molecular formula is C59H40N2S. The Bertz CT molecular complexity index is 3190. The van der Waals surface area contributed by atoms with E-state index in [-0.39, 0.29) is 0 Å². The van der Waals surface area contributed by atoms with Crippen molar-refractivity contribution in [3.8, 4) is 22.3 Å². The highest BCUT2D eigenvalue weighted by atomic mass is 32.2. The Kier molecular flexibility index (Phi) is 8.69. The number of benzene rings is 10. The fraction of sp³-hybridized carbons (Fsp3) is 0.0169. The molecule has 1 spiro atoms. The Morgan fingerprint density at radius 1 is 0.290 bits per heavy atom. The lowest BCUT2D eigenvalue weighted by Gasteiger charge is -2.41. The molecule has 2 aliphatic rings. The van der Waals surface area contributed by atoms with Crippen molar-refractivity contribution in [3.05, 3.63) is 265 Å². The molecule has 1 aliphatic heterocycles. The highest BCUT2D eigenvalue weighted by Crippen LogP contribution is 2.63. The Balaban J connectivity index is 1.12. The van der Waals surface area contributed by atoms with Gasteiger partial charge >= 0.3 is 0 Å². The predicted molar refractivity (Wildman–Crippen MR) is 260 cm³/mol. The van der Waals surface area contributed by atoms with Crippen LogP contribution < -0.4 is 9.80 Å². The molecule has 0 aromatic heterocycles. The van der Waals surface area contributed by atoms with Crippen LogP contribution in [0.1, 0.15) is 22.3 Å². The lowest BCUT2D eigenvalue weighted by molar-refractivity contribution is 0.723. The number of para-hydroxylation sites is 3. The summed E-state index contributed by atoms with van der Waals surface area (Å²) in [6.07, 6.45) is 0. The van der Waals surface area contributed by atoms with Crippen molar-refractivity contribution in [2.24, 2.45) is 0 Å². The highest BCUT2D eigenvalue weighted by Gasteiger charge is 2.50. The Labute approximate surface area is 367 Å². The van der Waals surface area contributed by atoms with Gasteiger partial charge in [-0.15, -0.1) is 0 Å². The van der Waals surface area contributed by atoms with Crippen molar-refractivity contribution in [1.82, 2.24) is 0 Å². The summed E-state index contributed by atoms with van der Waals surface area (Å²) in [5, 5.41) is 2.44. The first-order valence-corrected chi connectivity index (χ1v) is 22.1. The summed E-state index contributed by atoms with van der Waals surface area (Å²) in [6, 6.07) is 89.0. The number of nitrogens with zero attached hydrogens (tertiary/aromatic N) is 2. The second kappa shape index (κ2) is 14.8. The first kappa shape index (κ1) is 36.3. The van der Waals surface area contributed by atoms with Gasteiger partial charge in [-0.05, 0) is 129 Å². The van der Waals surface area contributed by atoms with Crippen LogP contribution in [0.3, 0.4) is 0 Å². The van der Waals surface area contributed by atoms with Crippen LogP contribution in [0.2, 0.25) is 0 Å². The van der Waals surface area contributed by atoms with Crippen molar-refractivity contribution in [3.63, 3.8) is 0 Å². The van der Waals surface area contributed by atoms with Crippen LogP contribution in [0, 0.1) is 0 Å². The predicted octanol–water partition coefficient (Wildman–Crippen LogP) is 16.3. The summed E-state index contributed by atoms with van der Waals surface area (Å²) in [7, 11) is 0. The molecule has 0 unspecified atom stereocenters. The molecule has 0 fully saturated rings. The van der Waals surface area contributed by atoms with Gasteiger partial charge in [-0.25, -0.2) is 0 Å². The fourth-order valence-corrected chi connectivity index (χ4v) is 11.2. The molecule has 0 saturated heterocycles. The summed E-state index contributed by atoms with van der Waals surface area (Å²) in [4.78, 5) is 7.34. The smallest absolute Gasteiger partial charge is 0.0735 e. The summed E-state index contributed by atoms with van der Waals surface area (Å²) in [6.45, 7) is 0. The van der Waals surface area contributed by atoms with E-state index >= 15 is 0 Å². The van der Waals surface area contributed by atoms with E-state index in [1.807, 2.05) is 11.8 Å². The number of rotatable bonds is 7. The third kappa shape index (κ3) is 5.74. The topological polar surface area (TPSA) is 6.48 Å². The molecule has 1 aliphatic carbocycles. The zero-order chi connectivity index (χ0) is 41.0. The molecule has 2 nitrogen and oxygen atoms in total. The molecule has 12 rings (SSSR count). The van der Waals surface area contributed by atoms with E-state index < -0.39 is 5.41 Å². The highest BCUT2D eigenvalue weighted by molar-refractivity contribution is 7.99. The van der Waals surface area contributed by atoms with E-state index in [9.17, 15) is 0 Å². The lowest BCUT2D eigenvalue weighted by Crippen LogP contribution is -2.32. The minimum atomic E-state index is -0.498. The molecule has 0 bridgehead atoms. The van der Waals surface area contributed by atoms with Crippen LogP contribution in [0.5, 0.6) is 0 Å². The van der Waals surface area contributed by atoms with Crippen LogP contribution >= 0.6 is 11.8 Å². The summed E-state index contributed by atoms with van der Waals surface area (Å²) < 4.78 is 0. The van der Waals surface area contributed by atoms with Gasteiger partial charge in [0.2, 0.25) is 0 Å². The average Bonchev–Trinajstić information content (AvgIpc) is 3.63. The maximum Gasteiger partial charge on any atom is 0.0735 e. The summed E-state index contributed by atoms with van der Waals surface area (Å²) in [5.74, 6) is 0. The summed E-state index contributed by atoms with van der Waals surface area (Å²) in [5.41, 5.74) is 16.4. The molecule has 292 valence electrons. The van der Waals surface area contributed by atoms with Gasteiger partial charge in [0.25, 0.3) is 0 Å². The average molecular weight is 809 g/mol. The Morgan fingerprint density at radius 2 is 0.774 bits per heavy atom. The zero-order valence-corrected chi connectivity index (χ0v) is 34.7. The minimum Gasteiger partial charge on any atom is -0.310 e. The largest absolute Gasteiger partial charge is 0.310 e. The molecule has 10 aromatic carbocycles. The number of hydrogen-bond donors (Lipinski definition) is 0. The third-order valence-electron chi connectivity index (χ3n) is 12.7. The monoisotopic (exact) mass is 808 g/mol. The van der Waals surface area contributed by atoms with Gasteiger partial charge in [0, 0.05) is 43.8 Å². The van der Waals surface area contributed by atoms with E-state index in [0.717, 1.165) is 39.7 Å². The standard InChI is InChI=1S/C59H40N2S/c1-4-20-44(21-5-1)60(48-37-32-41-18-10-11-19-43(41)38-48)47-35-33-42(34-36-47)51-39-55-58(40-56(51)61(45-22-6-2-7-23-45)46-24-8-3-9-25-46)62-57-31-17-16-30-54(57)59(55)52-28-14-12-26-49(52)50-27-13-15-29-53(50)59/h1-40H. The summed E-state index contributed by atoms with van der Waals surface area (Å²) >= 11 is 1.89. The van der Waals surface area contributed by atoms with Crippen molar-refractivity contribution >= 4 is 56.7 Å². The first-order valence-electron chi connectivity index (χ1n) is 21.3. The Hall–Kier alpha value is -7.59. The Morgan fingerprint density at radius 3 is 1.40 bits per heavy atom. The molecule has 0 saturated carbocycles. The normalized spacial score (nSPS) is 12.9. The maximum absolute atomic E-state index is 2.53. The zero-order valence-electron chi connectivity index (χ0n) is 33.9. The van der Waals surface area contributed by atoms with E-state index in [1.165, 1.54) is 59.5 Å². The third-order valence-corrected chi connectivity index (χ3v) is 13.8. The molecular weight excluding hydrogens is 769 g/mol. The minimum absolute atomic E-state index is 0.498. The van der Waals surface area contributed by atoms with E-state index in [4.69, 9.17) is 0 Å². The van der Waals surface area contributed by atoms with Gasteiger partial charge in [0.05, 0.1) is 11.1 Å². The van der Waals surface area contributed by atoms with E-state index in [2.05, 4.69) is 252 Å². The van der Waals surface area contributed by atoms with E-state index in [0.29, 0.717) is 0 Å². The van der Waals surface area contributed by atoms with E-state index in [1.54, 1.807) is 0 Å². The fourth-order valence-electron chi connectivity index (χ4n) is 10.0. The molecule has 0 N–H and O–H groups in total. The molecule has 3 heteroatoms. The van der Waals surface area contributed by atoms with Crippen LogP contribution in [0.25, 0.3) is 33.0 Å². The molecule has 0 radical (unpaired) electrons. The second-order valence-corrected chi connectivity index (χ2v) is 17.1. The van der Waals surface area contributed by atoms with Crippen LogP contribution in [-0.4, -0.2) is 0 Å². The van der Waals surface area contributed by atoms with Crippen molar-refractivity contribution in [2.45, 2.75) is 15.2 Å². The SMILES string of the molecule is c1ccc(N(c2ccc(-c3cc4c(cc3N(c3ccccc3)c3ccccc3)Sc3ccccc3C43c4ccccc4-c4ccccc43)cc2)c2ccc3ccccc3c2)cc1. The van der Waals surface area contributed by atoms with Gasteiger partial charge in [-0.2, -0.15) is 0 Å². The van der Waals surface area contributed by atoms with Gasteiger partial charge in [0.15, 0.2) is 0 Å². The molecule has 10 aromatic rings. The van der Waals surface area contributed by atoms with Crippen molar-refractivity contribution < 1.29 is 0 Å². The number of hydrogen-bond acceptors (Lipinski definition) is 3. The quantitative estimate of drug-likeness (QED) is 0.158. The molecule has 0 atom stereocenters. The number of fused-ring (bicyclic) bond motifs is 10. The van der Waals surface area contributed by atoms with Crippen LogP contribution in [-0.2, 0) is 5.41 Å². The van der Waals surface area contributed by atoms with Crippen molar-refractivity contribution in [2.75, 3.05) is 9.80 Å². The van der Waals surface area contributed by atoms with Gasteiger partial charge < -0.3 is 9.80 Å². The van der Waals surface area contributed by atoms with Gasteiger partial charge in [0.1, 0.15) is 0 Å². The molecule has 0 amide bonds. The van der Waals surface area contributed by atoms with Crippen LogP contribution in [0.4, 0.5) is 34.1 Å². The number of anilines is 6. The second-order valence-electron chi connectivity index (χ2n) is 16.1. The van der Waals surface area contributed by atoms with Gasteiger partial charge in [-0.1, -0.05) is 176 Å². The first-order chi connectivity index (χ1) is 30.8. The van der Waals surface area contributed by atoms with Gasteiger partial charge in [-0.3, -0.25) is 0 Å². The van der Waals surface area contributed by atoms with Crippen molar-refractivity contribution in [1.29, 1.82) is 0 Å². The maximum atomic E-state index is 2.53. The lowest BCUT2D eigenvalue weighted by atomic mass is 9.67. The molecule has 62 heavy (non-hydrogen) atoms. The van der Waals surface area contributed by atoms with Crippen LogP contribution in [0.15, 0.2) is 252 Å².